The van der Waals surface area contributed by atoms with Gasteiger partial charge in [-0.3, -0.25) is 9.59 Å². The van der Waals surface area contributed by atoms with Crippen LogP contribution in [0.5, 0.6) is 0 Å². The van der Waals surface area contributed by atoms with E-state index >= 15 is 0 Å². The van der Waals surface area contributed by atoms with Crippen molar-refractivity contribution >= 4 is 23.4 Å². The van der Waals surface area contributed by atoms with Crippen LogP contribution >= 0.6 is 11.6 Å². The highest BCUT2D eigenvalue weighted by molar-refractivity contribution is 6.30. The molecule has 1 atom stereocenters. The molecule has 2 aliphatic heterocycles. The van der Waals surface area contributed by atoms with Gasteiger partial charge >= 0.3 is 0 Å². The molecule has 1 aliphatic carbocycles. The first-order valence-electron chi connectivity index (χ1n) is 12.6. The summed E-state index contributed by atoms with van der Waals surface area (Å²) in [7, 11) is 0. The maximum atomic E-state index is 13.2. The predicted molar refractivity (Wildman–Crippen MR) is 129 cm³/mol. The third-order valence-corrected chi connectivity index (χ3v) is 7.78. The normalized spacial score (nSPS) is 22.1. The van der Waals surface area contributed by atoms with Crippen molar-refractivity contribution in [2.45, 2.75) is 76.7 Å². The van der Waals surface area contributed by atoms with Gasteiger partial charge in [-0.1, -0.05) is 49.4 Å². The number of fused-ring (bicyclic) bond motifs is 1. The first kappa shape index (κ1) is 23.4. The Labute approximate surface area is 205 Å². The number of aromatic nitrogens is 2. The Bertz CT molecular complexity index is 1010. The van der Waals surface area contributed by atoms with Gasteiger partial charge < -0.3 is 19.5 Å². The molecular formula is C26H33ClN4O3. The van der Waals surface area contributed by atoms with Gasteiger partial charge in [0.25, 0.3) is 5.91 Å². The molecule has 8 heteroatoms. The molecule has 7 nitrogen and oxygen atoms in total. The summed E-state index contributed by atoms with van der Waals surface area (Å²) in [6.07, 6.45) is 10.2. The van der Waals surface area contributed by atoms with Gasteiger partial charge in [0.15, 0.2) is 5.69 Å². The lowest BCUT2D eigenvalue weighted by molar-refractivity contribution is -0.127. The molecule has 2 fully saturated rings. The lowest BCUT2D eigenvalue weighted by Gasteiger charge is -2.32. The van der Waals surface area contributed by atoms with E-state index in [1.807, 2.05) is 33.7 Å². The van der Waals surface area contributed by atoms with Crippen molar-refractivity contribution in [3.63, 3.8) is 0 Å². The average Bonchev–Trinajstić information content (AvgIpc) is 3.12. The van der Waals surface area contributed by atoms with E-state index in [0.717, 1.165) is 24.1 Å². The first-order valence-corrected chi connectivity index (χ1v) is 13.0. The summed E-state index contributed by atoms with van der Waals surface area (Å²) in [5, 5.41) is 3.98. The highest BCUT2D eigenvalue weighted by Crippen LogP contribution is 2.29. The molecule has 3 aliphatic rings. The minimum Gasteiger partial charge on any atom is -0.365 e. The van der Waals surface area contributed by atoms with Crippen molar-refractivity contribution < 1.29 is 14.3 Å². The third kappa shape index (κ3) is 5.15. The van der Waals surface area contributed by atoms with Crippen LogP contribution in [0.25, 0.3) is 0 Å². The Hall–Kier alpha value is -2.38. The number of hydrogen-bond acceptors (Lipinski definition) is 4. The van der Waals surface area contributed by atoms with E-state index in [2.05, 4.69) is 10.3 Å². The minimum absolute atomic E-state index is 0.00770. The monoisotopic (exact) mass is 484 g/mol. The van der Waals surface area contributed by atoms with Gasteiger partial charge in [-0.2, -0.15) is 0 Å². The summed E-state index contributed by atoms with van der Waals surface area (Å²) < 4.78 is 8.09. The number of piperidine rings is 1. The van der Waals surface area contributed by atoms with Crippen molar-refractivity contribution in [1.29, 1.82) is 0 Å². The van der Waals surface area contributed by atoms with Crippen molar-refractivity contribution in [1.82, 2.24) is 19.8 Å². The predicted octanol–water partition coefficient (Wildman–Crippen LogP) is 4.50. The lowest BCUT2D eigenvalue weighted by Crippen LogP contribution is -2.45. The largest absolute Gasteiger partial charge is 0.365 e. The summed E-state index contributed by atoms with van der Waals surface area (Å²) in [5.41, 5.74) is 2.35. The Balaban J connectivity index is 1.16. The molecule has 3 heterocycles. The van der Waals surface area contributed by atoms with Crippen molar-refractivity contribution in [3.8, 4) is 0 Å². The number of rotatable bonds is 4. The molecule has 0 spiro atoms. The highest BCUT2D eigenvalue weighted by Gasteiger charge is 2.32. The van der Waals surface area contributed by atoms with Crippen molar-refractivity contribution in [2.75, 3.05) is 13.1 Å². The molecule has 1 unspecified atom stereocenters. The molecule has 1 saturated heterocycles. The number of amides is 2. The number of nitrogens with one attached hydrogen (secondary N) is 1. The molecule has 5 rings (SSSR count). The zero-order chi connectivity index (χ0) is 23.5. The fourth-order valence-electron chi connectivity index (χ4n) is 5.42. The van der Waals surface area contributed by atoms with Crippen LogP contribution in [0.4, 0.5) is 0 Å². The van der Waals surface area contributed by atoms with E-state index in [-0.39, 0.29) is 23.8 Å². The van der Waals surface area contributed by atoms with Crippen LogP contribution < -0.4 is 5.32 Å². The van der Waals surface area contributed by atoms with E-state index in [0.29, 0.717) is 55.8 Å². The molecule has 1 aromatic carbocycles. The number of nitrogens with zero attached hydrogens (tertiary/aromatic N) is 3. The van der Waals surface area contributed by atoms with Gasteiger partial charge in [0.2, 0.25) is 5.91 Å². The van der Waals surface area contributed by atoms with E-state index in [9.17, 15) is 9.59 Å². The second kappa shape index (κ2) is 10.5. The number of hydrogen-bond donors (Lipinski definition) is 1. The van der Waals surface area contributed by atoms with Crippen LogP contribution in [0, 0.1) is 5.92 Å². The molecule has 1 saturated carbocycles. The maximum absolute atomic E-state index is 13.2. The number of likely N-dealkylation sites (tertiary alicyclic amines) is 1. The Morgan fingerprint density at radius 1 is 1.00 bits per heavy atom. The smallest absolute Gasteiger partial charge is 0.274 e. The summed E-state index contributed by atoms with van der Waals surface area (Å²) in [6, 6.07) is 7.98. The SMILES string of the molecule is O=C(NC1CCCCCC1)C1CCN(C(=O)c2ncn3c2COC(c2ccc(Cl)cc2)C3)CC1. The second-order valence-corrected chi connectivity index (χ2v) is 10.2. The van der Waals surface area contributed by atoms with Gasteiger partial charge in [0.1, 0.15) is 6.10 Å². The molecule has 2 aromatic rings. The molecule has 2 amide bonds. The Morgan fingerprint density at radius 2 is 1.71 bits per heavy atom. The fourth-order valence-corrected chi connectivity index (χ4v) is 5.55. The van der Waals surface area contributed by atoms with Crippen LogP contribution in [0.3, 0.4) is 0 Å². The zero-order valence-corrected chi connectivity index (χ0v) is 20.3. The zero-order valence-electron chi connectivity index (χ0n) is 19.5. The summed E-state index contributed by atoms with van der Waals surface area (Å²) in [6.45, 7) is 2.12. The quantitative estimate of drug-likeness (QED) is 0.648. The summed E-state index contributed by atoms with van der Waals surface area (Å²) >= 11 is 6.00. The number of ether oxygens (including phenoxy) is 1. The molecule has 34 heavy (non-hydrogen) atoms. The number of carbonyl (C=O) groups is 2. The molecule has 0 radical (unpaired) electrons. The van der Waals surface area contributed by atoms with E-state index in [1.54, 1.807) is 6.33 Å². The third-order valence-electron chi connectivity index (χ3n) is 7.53. The van der Waals surface area contributed by atoms with Crippen LogP contribution in [0.1, 0.15) is 79.2 Å². The number of carbonyl (C=O) groups excluding carboxylic acids is 2. The number of imidazole rings is 1. The first-order chi connectivity index (χ1) is 16.6. The van der Waals surface area contributed by atoms with Crippen molar-refractivity contribution in [2.24, 2.45) is 5.92 Å². The molecule has 182 valence electrons. The van der Waals surface area contributed by atoms with Gasteiger partial charge in [0, 0.05) is 30.1 Å². The Morgan fingerprint density at radius 3 is 2.41 bits per heavy atom. The average molecular weight is 485 g/mol. The van der Waals surface area contributed by atoms with Crippen LogP contribution in [-0.2, 0) is 22.7 Å². The standard InChI is InChI=1S/C26H33ClN4O3/c27-20-9-7-18(8-10-20)23-15-31-17-28-24(22(31)16-34-23)26(33)30-13-11-19(12-14-30)25(32)29-21-5-3-1-2-4-6-21/h7-10,17,19,21,23H,1-6,11-16H2,(H,29,32). The molecule has 0 bridgehead atoms. The fraction of sp³-hybridized carbons (Fsp3) is 0.577. The van der Waals surface area contributed by atoms with Gasteiger partial charge in [0.05, 0.1) is 25.2 Å². The summed E-state index contributed by atoms with van der Waals surface area (Å²) in [4.78, 5) is 32.3. The highest BCUT2D eigenvalue weighted by atomic mass is 35.5. The van der Waals surface area contributed by atoms with Crippen LogP contribution in [0.15, 0.2) is 30.6 Å². The van der Waals surface area contributed by atoms with E-state index in [4.69, 9.17) is 16.3 Å². The van der Waals surface area contributed by atoms with E-state index in [1.165, 1.54) is 25.7 Å². The van der Waals surface area contributed by atoms with Crippen molar-refractivity contribution in [3.05, 3.63) is 52.6 Å². The van der Waals surface area contributed by atoms with Gasteiger partial charge in [-0.15, -0.1) is 0 Å². The molecular weight excluding hydrogens is 452 g/mol. The second-order valence-electron chi connectivity index (χ2n) is 9.81. The van der Waals surface area contributed by atoms with Crippen LogP contribution in [-0.4, -0.2) is 45.4 Å². The minimum atomic E-state index is -0.0929. The maximum Gasteiger partial charge on any atom is 0.274 e. The van der Waals surface area contributed by atoms with Gasteiger partial charge in [-0.05, 0) is 43.4 Å². The summed E-state index contributed by atoms with van der Waals surface area (Å²) in [5.74, 6) is 0.0941. The van der Waals surface area contributed by atoms with Crippen LogP contribution in [0.2, 0.25) is 5.02 Å². The molecule has 1 aromatic heterocycles. The Kier molecular flexibility index (Phi) is 7.21. The van der Waals surface area contributed by atoms with E-state index < -0.39 is 0 Å². The topological polar surface area (TPSA) is 76.5 Å². The number of benzene rings is 1. The van der Waals surface area contributed by atoms with Gasteiger partial charge in [-0.25, -0.2) is 4.98 Å². The lowest BCUT2D eigenvalue weighted by atomic mass is 9.94. The molecule has 1 N–H and O–H groups in total. The number of halogens is 1.